The Morgan fingerprint density at radius 2 is 2.40 bits per heavy atom. The smallest absolute Gasteiger partial charge is 0.0995 e. The van der Waals surface area contributed by atoms with Crippen molar-refractivity contribution in [1.29, 1.82) is 5.26 Å². The summed E-state index contributed by atoms with van der Waals surface area (Å²) < 4.78 is 5.30. The molecule has 0 bridgehead atoms. The topological polar surface area (TPSA) is 45.0 Å². The molecule has 1 N–H and O–H groups in total. The minimum atomic E-state index is 0.387. The number of nitriles is 1. The van der Waals surface area contributed by atoms with Gasteiger partial charge in [0.25, 0.3) is 0 Å². The maximum atomic E-state index is 8.90. The number of benzene rings is 1. The molecule has 3 nitrogen and oxygen atoms in total. The highest BCUT2D eigenvalue weighted by atomic mass is 16.5. The summed E-state index contributed by atoms with van der Waals surface area (Å²) in [5.74, 6) is 0. The lowest BCUT2D eigenvalue weighted by atomic mass is 10.1. The molecule has 1 unspecified atom stereocenters. The molecule has 1 aliphatic rings. The highest BCUT2D eigenvalue weighted by Gasteiger charge is 2.16. The Hall–Kier alpha value is -1.53. The van der Waals surface area contributed by atoms with Crippen LogP contribution < -0.4 is 5.32 Å². The molecule has 1 aliphatic heterocycles. The van der Waals surface area contributed by atoms with Crippen LogP contribution in [0.5, 0.6) is 0 Å². The molecule has 0 aliphatic carbocycles. The first-order valence-electron chi connectivity index (χ1n) is 5.15. The summed E-state index contributed by atoms with van der Waals surface area (Å²) in [6.45, 7) is 3.56. The van der Waals surface area contributed by atoms with Gasteiger partial charge in [0.1, 0.15) is 0 Å². The molecule has 78 valence electrons. The Bertz CT molecular complexity index is 389. The molecule has 1 aromatic rings. The maximum absolute atomic E-state index is 8.90. The molecule has 1 aromatic carbocycles. The Kier molecular flexibility index (Phi) is 2.89. The second-order valence-corrected chi connectivity index (χ2v) is 3.79. The van der Waals surface area contributed by atoms with Crippen LogP contribution in [-0.2, 0) is 4.74 Å². The molecule has 1 heterocycles. The van der Waals surface area contributed by atoms with E-state index in [0.717, 1.165) is 36.4 Å². The van der Waals surface area contributed by atoms with Gasteiger partial charge in [-0.3, -0.25) is 0 Å². The fraction of sp³-hybridized carbons (Fsp3) is 0.417. The largest absolute Gasteiger partial charge is 0.380 e. The van der Waals surface area contributed by atoms with Gasteiger partial charge >= 0.3 is 0 Å². The van der Waals surface area contributed by atoms with Crippen molar-refractivity contribution in [2.75, 3.05) is 18.5 Å². The van der Waals surface area contributed by atoms with Crippen LogP contribution in [-0.4, -0.2) is 19.3 Å². The van der Waals surface area contributed by atoms with E-state index in [4.69, 9.17) is 10.00 Å². The molecule has 0 amide bonds. The zero-order valence-electron chi connectivity index (χ0n) is 8.79. The van der Waals surface area contributed by atoms with Crippen LogP contribution >= 0.6 is 0 Å². The second kappa shape index (κ2) is 4.33. The minimum Gasteiger partial charge on any atom is -0.380 e. The average Bonchev–Trinajstić information content (AvgIpc) is 2.74. The summed E-state index contributed by atoms with van der Waals surface area (Å²) in [6, 6.07) is 8.33. The predicted octanol–water partition coefficient (Wildman–Crippen LogP) is 2.07. The summed E-state index contributed by atoms with van der Waals surface area (Å²) in [7, 11) is 0. The Morgan fingerprint density at radius 3 is 3.07 bits per heavy atom. The zero-order valence-corrected chi connectivity index (χ0v) is 8.79. The van der Waals surface area contributed by atoms with Crippen LogP contribution in [0.15, 0.2) is 18.2 Å². The summed E-state index contributed by atoms with van der Waals surface area (Å²) >= 11 is 0. The minimum absolute atomic E-state index is 0.387. The van der Waals surface area contributed by atoms with Crippen molar-refractivity contribution in [1.82, 2.24) is 0 Å². The maximum Gasteiger partial charge on any atom is 0.0995 e. The number of hydrogen-bond acceptors (Lipinski definition) is 3. The van der Waals surface area contributed by atoms with Crippen LogP contribution in [0, 0.1) is 18.3 Å². The molecule has 0 radical (unpaired) electrons. The van der Waals surface area contributed by atoms with Gasteiger partial charge in [0, 0.05) is 12.3 Å². The van der Waals surface area contributed by atoms with Gasteiger partial charge in [0.15, 0.2) is 0 Å². The standard InChI is InChI=1S/C12H14N2O/c1-9-10(7-13)3-2-4-12(9)14-11-5-6-15-8-11/h2-4,11,14H,5-6,8H2,1H3. The SMILES string of the molecule is Cc1c(C#N)cccc1NC1CCOC1. The molecule has 2 rings (SSSR count). The van der Waals surface area contributed by atoms with E-state index < -0.39 is 0 Å². The van der Waals surface area contributed by atoms with Crippen molar-refractivity contribution in [2.45, 2.75) is 19.4 Å². The van der Waals surface area contributed by atoms with Gasteiger partial charge < -0.3 is 10.1 Å². The Balaban J connectivity index is 2.17. The summed E-state index contributed by atoms with van der Waals surface area (Å²) in [6.07, 6.45) is 1.04. The van der Waals surface area contributed by atoms with Crippen molar-refractivity contribution in [2.24, 2.45) is 0 Å². The summed E-state index contributed by atoms with van der Waals surface area (Å²) in [5, 5.41) is 12.3. The first kappa shape index (κ1) is 10.0. The molecule has 1 saturated heterocycles. The average molecular weight is 202 g/mol. The third-order valence-corrected chi connectivity index (χ3v) is 2.74. The lowest BCUT2D eigenvalue weighted by Gasteiger charge is -2.14. The van der Waals surface area contributed by atoms with Crippen LogP contribution in [0.4, 0.5) is 5.69 Å². The van der Waals surface area contributed by atoms with Gasteiger partial charge in [-0.1, -0.05) is 6.07 Å². The van der Waals surface area contributed by atoms with Crippen molar-refractivity contribution in [3.63, 3.8) is 0 Å². The normalized spacial score (nSPS) is 19.9. The van der Waals surface area contributed by atoms with E-state index in [1.807, 2.05) is 25.1 Å². The number of rotatable bonds is 2. The van der Waals surface area contributed by atoms with Crippen molar-refractivity contribution in [3.05, 3.63) is 29.3 Å². The quantitative estimate of drug-likeness (QED) is 0.798. The van der Waals surface area contributed by atoms with E-state index >= 15 is 0 Å². The third kappa shape index (κ3) is 2.11. The second-order valence-electron chi connectivity index (χ2n) is 3.79. The number of nitrogens with one attached hydrogen (secondary N) is 1. The molecular weight excluding hydrogens is 188 g/mol. The van der Waals surface area contributed by atoms with Gasteiger partial charge in [-0.15, -0.1) is 0 Å². The van der Waals surface area contributed by atoms with Crippen LogP contribution in [0.3, 0.4) is 0 Å². The van der Waals surface area contributed by atoms with Gasteiger partial charge in [-0.25, -0.2) is 0 Å². The van der Waals surface area contributed by atoms with Gasteiger partial charge in [-0.05, 0) is 31.0 Å². The highest BCUT2D eigenvalue weighted by molar-refractivity contribution is 5.57. The summed E-state index contributed by atoms with van der Waals surface area (Å²) in [5.41, 5.74) is 2.80. The van der Waals surface area contributed by atoms with Gasteiger partial charge in [0.05, 0.1) is 24.3 Å². The molecular formula is C12H14N2O. The molecule has 0 aromatic heterocycles. The van der Waals surface area contributed by atoms with Crippen LogP contribution in [0.1, 0.15) is 17.5 Å². The number of hydrogen-bond donors (Lipinski definition) is 1. The first-order chi connectivity index (χ1) is 7.31. The van der Waals surface area contributed by atoms with Gasteiger partial charge in [-0.2, -0.15) is 5.26 Å². The van der Waals surface area contributed by atoms with E-state index in [9.17, 15) is 0 Å². The number of nitrogens with zero attached hydrogens (tertiary/aromatic N) is 1. The van der Waals surface area contributed by atoms with E-state index in [2.05, 4.69) is 11.4 Å². The van der Waals surface area contributed by atoms with Crippen LogP contribution in [0.25, 0.3) is 0 Å². The van der Waals surface area contributed by atoms with Crippen molar-refractivity contribution < 1.29 is 4.74 Å². The number of anilines is 1. The molecule has 15 heavy (non-hydrogen) atoms. The van der Waals surface area contributed by atoms with E-state index in [0.29, 0.717) is 6.04 Å². The molecule has 0 spiro atoms. The highest BCUT2D eigenvalue weighted by Crippen LogP contribution is 2.20. The Labute approximate surface area is 89.7 Å². The monoisotopic (exact) mass is 202 g/mol. The van der Waals surface area contributed by atoms with E-state index in [-0.39, 0.29) is 0 Å². The van der Waals surface area contributed by atoms with E-state index in [1.54, 1.807) is 0 Å². The Morgan fingerprint density at radius 1 is 1.53 bits per heavy atom. The molecule has 3 heteroatoms. The molecule has 1 fully saturated rings. The summed E-state index contributed by atoms with van der Waals surface area (Å²) in [4.78, 5) is 0. The van der Waals surface area contributed by atoms with Crippen molar-refractivity contribution in [3.8, 4) is 6.07 Å². The first-order valence-corrected chi connectivity index (χ1v) is 5.15. The lowest BCUT2D eigenvalue weighted by Crippen LogP contribution is -2.19. The van der Waals surface area contributed by atoms with Crippen molar-refractivity contribution >= 4 is 5.69 Å². The lowest BCUT2D eigenvalue weighted by molar-refractivity contribution is 0.195. The number of ether oxygens (including phenoxy) is 1. The predicted molar refractivity (Wildman–Crippen MR) is 58.7 cm³/mol. The van der Waals surface area contributed by atoms with E-state index in [1.165, 1.54) is 0 Å². The molecule has 1 atom stereocenters. The van der Waals surface area contributed by atoms with Crippen LogP contribution in [0.2, 0.25) is 0 Å². The third-order valence-electron chi connectivity index (χ3n) is 2.74. The fourth-order valence-corrected chi connectivity index (χ4v) is 1.78. The van der Waals surface area contributed by atoms with Gasteiger partial charge in [0.2, 0.25) is 0 Å². The molecule has 0 saturated carbocycles. The fourth-order valence-electron chi connectivity index (χ4n) is 1.78. The zero-order chi connectivity index (χ0) is 10.7.